The van der Waals surface area contributed by atoms with E-state index < -0.39 is 0 Å². The molecule has 8 heteroatoms. The first-order valence-electron chi connectivity index (χ1n) is 8.70. The van der Waals surface area contributed by atoms with Crippen LogP contribution in [0.2, 0.25) is 15.1 Å². The van der Waals surface area contributed by atoms with Gasteiger partial charge in [0, 0.05) is 39.9 Å². The first-order chi connectivity index (χ1) is 14.1. The van der Waals surface area contributed by atoms with Crippen molar-refractivity contribution in [2.45, 2.75) is 0 Å². The third-order valence-corrected chi connectivity index (χ3v) is 5.35. The number of imidazole rings is 2. The zero-order valence-electron chi connectivity index (χ0n) is 14.8. The average Bonchev–Trinajstić information content (AvgIpc) is 3.34. The van der Waals surface area contributed by atoms with Crippen LogP contribution in [0.15, 0.2) is 73.2 Å². The molecule has 0 spiro atoms. The Morgan fingerprint density at radius 2 is 1.62 bits per heavy atom. The molecule has 0 radical (unpaired) electrons. The van der Waals surface area contributed by atoms with E-state index in [1.165, 1.54) is 0 Å². The number of hydrogen-bond donors (Lipinski definition) is 0. The van der Waals surface area contributed by atoms with Crippen LogP contribution < -0.4 is 0 Å². The fourth-order valence-corrected chi connectivity index (χ4v) is 3.75. The standard InChI is InChI=1S/C21H12Cl3N5/c22-13-3-6-15(7-4-13)28-11-10-25-21(28)20-19(16-12-14(23)5-8-17(16)24)27-18-2-1-9-26-29(18)20/h1-12H. The van der Waals surface area contributed by atoms with Gasteiger partial charge in [-0.2, -0.15) is 5.10 Å². The second kappa shape index (κ2) is 7.19. The molecule has 0 aliphatic rings. The Morgan fingerprint density at radius 1 is 0.828 bits per heavy atom. The van der Waals surface area contributed by atoms with E-state index in [0.29, 0.717) is 43.5 Å². The maximum atomic E-state index is 6.50. The number of aromatic nitrogens is 5. The number of rotatable bonds is 3. The van der Waals surface area contributed by atoms with E-state index >= 15 is 0 Å². The molecule has 3 aromatic heterocycles. The predicted molar refractivity (Wildman–Crippen MR) is 116 cm³/mol. The van der Waals surface area contributed by atoms with E-state index in [1.807, 2.05) is 47.2 Å². The molecule has 29 heavy (non-hydrogen) atoms. The minimum absolute atomic E-state index is 0.545. The van der Waals surface area contributed by atoms with Gasteiger partial charge in [0.05, 0.1) is 5.02 Å². The molecule has 0 saturated carbocycles. The number of halogens is 3. The highest BCUT2D eigenvalue weighted by atomic mass is 35.5. The smallest absolute Gasteiger partial charge is 0.165 e. The van der Waals surface area contributed by atoms with Crippen LogP contribution in [0.3, 0.4) is 0 Å². The molecule has 0 amide bonds. The first kappa shape index (κ1) is 18.2. The predicted octanol–water partition coefficient (Wildman–Crippen LogP) is 6.21. The molecule has 0 bridgehead atoms. The topological polar surface area (TPSA) is 48.0 Å². The second-order valence-electron chi connectivity index (χ2n) is 6.32. The Labute approximate surface area is 181 Å². The molecular weight excluding hydrogens is 429 g/mol. The van der Waals surface area contributed by atoms with Crippen molar-refractivity contribution in [3.63, 3.8) is 0 Å². The Morgan fingerprint density at radius 3 is 2.45 bits per heavy atom. The van der Waals surface area contributed by atoms with Gasteiger partial charge in [-0.15, -0.1) is 0 Å². The summed E-state index contributed by atoms with van der Waals surface area (Å²) in [6, 6.07) is 16.5. The Balaban J connectivity index is 1.82. The summed E-state index contributed by atoms with van der Waals surface area (Å²) in [6.07, 6.45) is 5.32. The van der Waals surface area contributed by atoms with Crippen LogP contribution in [-0.4, -0.2) is 24.1 Å². The monoisotopic (exact) mass is 439 g/mol. The maximum Gasteiger partial charge on any atom is 0.165 e. The highest BCUT2D eigenvalue weighted by Crippen LogP contribution is 2.37. The van der Waals surface area contributed by atoms with E-state index in [9.17, 15) is 0 Å². The van der Waals surface area contributed by atoms with Crippen molar-refractivity contribution in [2.75, 3.05) is 0 Å². The van der Waals surface area contributed by atoms with Crippen molar-refractivity contribution in [3.05, 3.63) is 88.3 Å². The molecule has 0 aliphatic heterocycles. The minimum atomic E-state index is 0.545. The zero-order chi connectivity index (χ0) is 20.0. The van der Waals surface area contributed by atoms with Crippen molar-refractivity contribution < 1.29 is 0 Å². The van der Waals surface area contributed by atoms with Crippen LogP contribution in [0.4, 0.5) is 0 Å². The summed E-state index contributed by atoms with van der Waals surface area (Å²) in [5, 5.41) is 6.27. The lowest BCUT2D eigenvalue weighted by atomic mass is 10.1. The van der Waals surface area contributed by atoms with Gasteiger partial charge in [-0.3, -0.25) is 4.57 Å². The van der Waals surface area contributed by atoms with E-state index in [2.05, 4.69) is 10.1 Å². The summed E-state index contributed by atoms with van der Waals surface area (Å²) in [7, 11) is 0. The lowest BCUT2D eigenvalue weighted by Crippen LogP contribution is -2.01. The minimum Gasteiger partial charge on any atom is -0.298 e. The fourth-order valence-electron chi connectivity index (χ4n) is 3.24. The third kappa shape index (κ3) is 3.17. The van der Waals surface area contributed by atoms with Crippen LogP contribution in [0, 0.1) is 0 Å². The van der Waals surface area contributed by atoms with E-state index in [-0.39, 0.29) is 0 Å². The molecule has 0 N–H and O–H groups in total. The van der Waals surface area contributed by atoms with Crippen molar-refractivity contribution in [2.24, 2.45) is 0 Å². The summed E-state index contributed by atoms with van der Waals surface area (Å²) >= 11 is 18.8. The van der Waals surface area contributed by atoms with Crippen LogP contribution in [0.25, 0.3) is 34.1 Å². The van der Waals surface area contributed by atoms with Gasteiger partial charge in [-0.05, 0) is 54.6 Å². The van der Waals surface area contributed by atoms with E-state index in [1.54, 1.807) is 35.1 Å². The molecule has 142 valence electrons. The van der Waals surface area contributed by atoms with Gasteiger partial charge in [-0.25, -0.2) is 14.5 Å². The first-order valence-corrected chi connectivity index (χ1v) is 9.84. The molecule has 0 fully saturated rings. The Kier molecular flexibility index (Phi) is 4.51. The van der Waals surface area contributed by atoms with Gasteiger partial charge in [0.25, 0.3) is 0 Å². The zero-order valence-corrected chi connectivity index (χ0v) is 17.1. The van der Waals surface area contributed by atoms with E-state index in [4.69, 9.17) is 39.8 Å². The lowest BCUT2D eigenvalue weighted by Gasteiger charge is -2.10. The van der Waals surface area contributed by atoms with Gasteiger partial charge in [0.2, 0.25) is 0 Å². The summed E-state index contributed by atoms with van der Waals surface area (Å²) in [5.74, 6) is 0.671. The summed E-state index contributed by atoms with van der Waals surface area (Å²) in [6.45, 7) is 0. The summed E-state index contributed by atoms with van der Waals surface area (Å²) in [5.41, 5.74) is 3.67. The molecule has 5 rings (SSSR count). The fraction of sp³-hybridized carbons (Fsp3) is 0. The molecule has 3 heterocycles. The molecule has 0 saturated heterocycles. The molecule has 5 nitrogen and oxygen atoms in total. The van der Waals surface area contributed by atoms with Crippen molar-refractivity contribution >= 4 is 40.4 Å². The van der Waals surface area contributed by atoms with Crippen LogP contribution in [-0.2, 0) is 0 Å². The second-order valence-corrected chi connectivity index (χ2v) is 7.60. The SMILES string of the molecule is Clc1ccc(-n2ccnc2-c2c(-c3cc(Cl)ccc3Cl)nc3cccnn23)cc1. The number of nitrogens with zero attached hydrogens (tertiary/aromatic N) is 5. The maximum absolute atomic E-state index is 6.50. The van der Waals surface area contributed by atoms with Crippen molar-refractivity contribution in [1.29, 1.82) is 0 Å². The van der Waals surface area contributed by atoms with Gasteiger partial charge < -0.3 is 0 Å². The highest BCUT2D eigenvalue weighted by Gasteiger charge is 2.23. The molecule has 5 aromatic rings. The Hall–Kier alpha value is -2.86. The van der Waals surface area contributed by atoms with Crippen LogP contribution in [0.1, 0.15) is 0 Å². The van der Waals surface area contributed by atoms with Crippen molar-refractivity contribution in [3.8, 4) is 28.5 Å². The molecule has 0 aliphatic carbocycles. The molecule has 2 aromatic carbocycles. The van der Waals surface area contributed by atoms with Gasteiger partial charge in [-0.1, -0.05) is 34.8 Å². The third-order valence-electron chi connectivity index (χ3n) is 4.53. The number of hydrogen-bond acceptors (Lipinski definition) is 3. The molecular formula is C21H12Cl3N5. The van der Waals surface area contributed by atoms with Crippen molar-refractivity contribution in [1.82, 2.24) is 24.1 Å². The summed E-state index contributed by atoms with van der Waals surface area (Å²) in [4.78, 5) is 9.37. The van der Waals surface area contributed by atoms with Gasteiger partial charge in [0.1, 0.15) is 11.4 Å². The van der Waals surface area contributed by atoms with Crippen LogP contribution in [0.5, 0.6) is 0 Å². The summed E-state index contributed by atoms with van der Waals surface area (Å²) < 4.78 is 3.71. The Bertz CT molecular complexity index is 1340. The number of fused-ring (bicyclic) bond motifs is 1. The van der Waals surface area contributed by atoms with E-state index in [0.717, 1.165) is 5.69 Å². The number of benzene rings is 2. The molecule has 0 unspecified atom stereocenters. The van der Waals surface area contributed by atoms with Crippen LogP contribution >= 0.6 is 34.8 Å². The average molecular weight is 441 g/mol. The molecule has 0 atom stereocenters. The highest BCUT2D eigenvalue weighted by molar-refractivity contribution is 6.35. The largest absolute Gasteiger partial charge is 0.298 e. The van der Waals surface area contributed by atoms with Gasteiger partial charge >= 0.3 is 0 Å². The quantitative estimate of drug-likeness (QED) is 0.335. The lowest BCUT2D eigenvalue weighted by molar-refractivity contribution is 0.922. The normalized spacial score (nSPS) is 11.3. The van der Waals surface area contributed by atoms with Gasteiger partial charge in [0.15, 0.2) is 11.5 Å².